The second-order valence-corrected chi connectivity index (χ2v) is 10.6. The first kappa shape index (κ1) is 26.0. The lowest BCUT2D eigenvalue weighted by Crippen LogP contribution is -2.53. The molecule has 0 N–H and O–H groups in total. The fourth-order valence-corrected chi connectivity index (χ4v) is 5.71. The molecule has 0 saturated carbocycles. The number of rotatable bonds is 5. The highest BCUT2D eigenvalue weighted by Crippen LogP contribution is 2.28. The Kier molecular flexibility index (Phi) is 6.55. The van der Waals surface area contributed by atoms with E-state index in [2.05, 4.69) is 4.90 Å². The van der Waals surface area contributed by atoms with E-state index < -0.39 is 17.3 Å². The van der Waals surface area contributed by atoms with Gasteiger partial charge in [-0.1, -0.05) is 41.9 Å². The molecule has 6 rings (SSSR count). The summed E-state index contributed by atoms with van der Waals surface area (Å²) in [6, 6.07) is 15.8. The highest BCUT2D eigenvalue weighted by atomic mass is 35.5. The lowest BCUT2D eigenvalue weighted by molar-refractivity contribution is -0.123. The molecule has 4 aromatic rings. The van der Waals surface area contributed by atoms with Gasteiger partial charge in [-0.05, 0) is 29.8 Å². The van der Waals surface area contributed by atoms with Crippen LogP contribution in [0.25, 0.3) is 11.2 Å². The molecule has 1 atom stereocenters. The minimum absolute atomic E-state index is 0.140. The van der Waals surface area contributed by atoms with E-state index in [4.69, 9.17) is 16.6 Å². The van der Waals surface area contributed by atoms with E-state index in [9.17, 15) is 19.2 Å². The van der Waals surface area contributed by atoms with E-state index in [1.165, 1.54) is 16.5 Å². The summed E-state index contributed by atoms with van der Waals surface area (Å²) in [4.78, 5) is 62.1. The third-order valence-electron chi connectivity index (χ3n) is 7.76. The molecular weight excluding hydrogens is 534 g/mol. The van der Waals surface area contributed by atoms with Gasteiger partial charge in [-0.2, -0.15) is 4.98 Å². The topological polar surface area (TPSA) is 106 Å². The van der Waals surface area contributed by atoms with Crippen molar-refractivity contribution in [3.05, 3.63) is 86.0 Å². The summed E-state index contributed by atoms with van der Waals surface area (Å²) in [6.07, 6.45) is 0.140. The number of anilines is 2. The number of fused-ring (bicyclic) bond motifs is 1. The van der Waals surface area contributed by atoms with Gasteiger partial charge < -0.3 is 4.90 Å². The van der Waals surface area contributed by atoms with Gasteiger partial charge in [0.25, 0.3) is 11.5 Å². The van der Waals surface area contributed by atoms with Gasteiger partial charge in [0, 0.05) is 45.3 Å². The fourth-order valence-electron chi connectivity index (χ4n) is 5.58. The first-order valence-corrected chi connectivity index (χ1v) is 13.4. The fraction of sp³-hybridized carbons (Fsp3) is 0.321. The standard InChI is InChI=1S/C28H28ClN7O4/c1-31-24-23(26(39)32(2)28(31)40)35(17-18-8-10-19(29)11-9-18)27(30-24)34-14-12-33(13-15-34)21-16-22(37)36(25(21)38)20-6-4-3-5-7-20/h3-11,21H,12-17H2,1-2H3. The van der Waals surface area contributed by atoms with Crippen molar-refractivity contribution in [1.82, 2.24) is 23.6 Å². The molecule has 40 heavy (non-hydrogen) atoms. The molecule has 0 spiro atoms. The van der Waals surface area contributed by atoms with Gasteiger partial charge in [-0.15, -0.1) is 0 Å². The summed E-state index contributed by atoms with van der Waals surface area (Å²) >= 11 is 6.08. The Bertz CT molecular complexity index is 1740. The van der Waals surface area contributed by atoms with Gasteiger partial charge in [-0.25, -0.2) is 9.69 Å². The summed E-state index contributed by atoms with van der Waals surface area (Å²) in [6.45, 7) is 2.49. The van der Waals surface area contributed by atoms with E-state index in [-0.39, 0.29) is 18.2 Å². The summed E-state index contributed by atoms with van der Waals surface area (Å²) in [5.41, 5.74) is 1.30. The van der Waals surface area contributed by atoms with Crippen LogP contribution < -0.4 is 21.0 Å². The predicted octanol–water partition coefficient (Wildman–Crippen LogP) is 1.59. The molecule has 0 aliphatic carbocycles. The molecule has 2 amide bonds. The highest BCUT2D eigenvalue weighted by Gasteiger charge is 2.43. The number of aryl methyl sites for hydroxylation is 1. The molecule has 2 fully saturated rings. The first-order valence-electron chi connectivity index (χ1n) is 13.1. The lowest BCUT2D eigenvalue weighted by atomic mass is 10.1. The number of para-hydroxylation sites is 1. The maximum Gasteiger partial charge on any atom is 0.332 e. The number of benzene rings is 2. The Morgan fingerprint density at radius 3 is 2.23 bits per heavy atom. The molecule has 1 unspecified atom stereocenters. The van der Waals surface area contributed by atoms with E-state index in [0.29, 0.717) is 60.5 Å². The zero-order chi connectivity index (χ0) is 28.1. The van der Waals surface area contributed by atoms with Gasteiger partial charge in [0.1, 0.15) is 0 Å². The predicted molar refractivity (Wildman–Crippen MR) is 152 cm³/mol. The summed E-state index contributed by atoms with van der Waals surface area (Å²) in [5, 5.41) is 0.611. The van der Waals surface area contributed by atoms with Crippen molar-refractivity contribution in [2.24, 2.45) is 14.1 Å². The number of imide groups is 1. The number of amides is 2. The van der Waals surface area contributed by atoms with Crippen molar-refractivity contribution in [3.8, 4) is 0 Å². The Hall–Kier alpha value is -4.22. The van der Waals surface area contributed by atoms with Crippen LogP contribution in [0.1, 0.15) is 12.0 Å². The first-order chi connectivity index (χ1) is 19.2. The minimum atomic E-state index is -0.518. The Labute approximate surface area is 234 Å². The molecule has 0 radical (unpaired) electrons. The summed E-state index contributed by atoms with van der Waals surface area (Å²) in [7, 11) is 3.06. The average Bonchev–Trinajstić information content (AvgIpc) is 3.49. The van der Waals surface area contributed by atoms with Crippen molar-refractivity contribution in [2.75, 3.05) is 36.0 Å². The minimum Gasteiger partial charge on any atom is -0.340 e. The average molecular weight is 562 g/mol. The number of carbonyl (C=O) groups is 2. The smallest absolute Gasteiger partial charge is 0.332 e. The molecule has 206 valence electrons. The highest BCUT2D eigenvalue weighted by molar-refractivity contribution is 6.30. The van der Waals surface area contributed by atoms with Gasteiger partial charge in [0.05, 0.1) is 24.7 Å². The van der Waals surface area contributed by atoms with Crippen molar-refractivity contribution in [1.29, 1.82) is 0 Å². The Morgan fingerprint density at radius 1 is 0.875 bits per heavy atom. The second kappa shape index (κ2) is 10.1. The Balaban J connectivity index is 1.30. The molecule has 2 aromatic heterocycles. The second-order valence-electron chi connectivity index (χ2n) is 10.1. The number of carbonyl (C=O) groups excluding carboxylic acids is 2. The van der Waals surface area contributed by atoms with Crippen LogP contribution in [0.4, 0.5) is 11.6 Å². The third-order valence-corrected chi connectivity index (χ3v) is 8.01. The summed E-state index contributed by atoms with van der Waals surface area (Å²) < 4.78 is 4.32. The van der Waals surface area contributed by atoms with Crippen LogP contribution in [0.3, 0.4) is 0 Å². The maximum atomic E-state index is 13.3. The number of hydrogen-bond acceptors (Lipinski definition) is 7. The van der Waals surface area contributed by atoms with Crippen LogP contribution in [-0.4, -0.2) is 67.6 Å². The van der Waals surface area contributed by atoms with E-state index in [1.807, 2.05) is 27.7 Å². The Morgan fingerprint density at radius 2 is 1.55 bits per heavy atom. The molecule has 11 nitrogen and oxygen atoms in total. The van der Waals surface area contributed by atoms with Crippen molar-refractivity contribution < 1.29 is 9.59 Å². The maximum absolute atomic E-state index is 13.3. The lowest BCUT2D eigenvalue weighted by Gasteiger charge is -2.37. The van der Waals surface area contributed by atoms with E-state index in [0.717, 1.165) is 10.1 Å². The molecule has 2 aromatic carbocycles. The molecule has 2 saturated heterocycles. The van der Waals surface area contributed by atoms with Gasteiger partial charge >= 0.3 is 5.69 Å². The molecule has 2 aliphatic heterocycles. The monoisotopic (exact) mass is 561 g/mol. The van der Waals surface area contributed by atoms with Crippen molar-refractivity contribution >= 4 is 46.2 Å². The molecule has 12 heteroatoms. The molecule has 0 bridgehead atoms. The number of imidazole rings is 1. The van der Waals surface area contributed by atoms with Crippen LogP contribution >= 0.6 is 11.6 Å². The van der Waals surface area contributed by atoms with Gasteiger partial charge in [-0.3, -0.25) is 33.0 Å². The van der Waals surface area contributed by atoms with Crippen LogP contribution in [0.2, 0.25) is 5.02 Å². The number of halogens is 1. The number of nitrogens with zero attached hydrogens (tertiary/aromatic N) is 7. The van der Waals surface area contributed by atoms with Gasteiger partial charge in [0.2, 0.25) is 11.9 Å². The normalized spacial score (nSPS) is 18.3. The molecular formula is C28H28ClN7O4. The molecule has 4 heterocycles. The van der Waals surface area contributed by atoms with Crippen LogP contribution in [0, 0.1) is 0 Å². The third kappa shape index (κ3) is 4.31. The van der Waals surface area contributed by atoms with Crippen molar-refractivity contribution in [2.45, 2.75) is 19.0 Å². The molecule has 2 aliphatic rings. The zero-order valence-electron chi connectivity index (χ0n) is 22.2. The van der Waals surface area contributed by atoms with E-state index >= 15 is 0 Å². The van der Waals surface area contributed by atoms with E-state index in [1.54, 1.807) is 43.4 Å². The zero-order valence-corrected chi connectivity index (χ0v) is 22.9. The summed E-state index contributed by atoms with van der Waals surface area (Å²) in [5.74, 6) is 0.158. The quantitative estimate of drug-likeness (QED) is 0.341. The van der Waals surface area contributed by atoms with Gasteiger partial charge in [0.15, 0.2) is 11.2 Å². The van der Waals surface area contributed by atoms with Crippen LogP contribution in [0.5, 0.6) is 0 Å². The number of hydrogen-bond donors (Lipinski definition) is 0. The van der Waals surface area contributed by atoms with Crippen LogP contribution in [0.15, 0.2) is 64.2 Å². The van der Waals surface area contributed by atoms with Crippen LogP contribution in [-0.2, 0) is 30.2 Å². The number of piperazine rings is 1. The largest absolute Gasteiger partial charge is 0.340 e. The van der Waals surface area contributed by atoms with Crippen molar-refractivity contribution in [3.63, 3.8) is 0 Å². The SMILES string of the molecule is Cn1c(=O)c2c(nc(N3CCN(C4CC(=O)N(c5ccccc5)C4=O)CC3)n2Cc2ccc(Cl)cc2)n(C)c1=O. The number of aromatic nitrogens is 4.